The first-order valence-electron chi connectivity index (χ1n) is 11.4. The summed E-state index contributed by atoms with van der Waals surface area (Å²) >= 11 is 0. The third-order valence-corrected chi connectivity index (χ3v) is 8.43. The molecule has 1 heterocycles. The first kappa shape index (κ1) is 19.0. The van der Waals surface area contributed by atoms with Crippen LogP contribution in [0.25, 0.3) is 0 Å². The number of hydrogen-bond acceptors (Lipinski definition) is 3. The van der Waals surface area contributed by atoms with Gasteiger partial charge in [-0.1, -0.05) is 38.8 Å². The maximum Gasteiger partial charge on any atom is 0.255 e. The van der Waals surface area contributed by atoms with E-state index in [4.69, 9.17) is 0 Å². The molecule has 0 saturated heterocycles. The molecule has 6 atom stereocenters. The zero-order valence-corrected chi connectivity index (χ0v) is 17.6. The van der Waals surface area contributed by atoms with E-state index in [1.165, 1.54) is 19.3 Å². The van der Waals surface area contributed by atoms with Gasteiger partial charge in [0.05, 0.1) is 5.56 Å². The minimum atomic E-state index is -0.423. The molecule has 2 amide bonds. The van der Waals surface area contributed by atoms with Crippen LogP contribution in [0.15, 0.2) is 24.3 Å². The molecule has 0 unspecified atom stereocenters. The van der Waals surface area contributed by atoms with Gasteiger partial charge in [-0.25, -0.2) is 0 Å². The van der Waals surface area contributed by atoms with Crippen molar-refractivity contribution in [2.24, 2.45) is 23.2 Å². The second kappa shape index (κ2) is 6.75. The average Bonchev–Trinajstić information content (AvgIpc) is 2.69. The van der Waals surface area contributed by atoms with Crippen LogP contribution in [-0.4, -0.2) is 23.5 Å². The molecule has 1 aromatic carbocycles. The number of benzene rings is 1. The Balaban J connectivity index is 1.36. The van der Waals surface area contributed by atoms with E-state index in [1.54, 1.807) is 0 Å². The van der Waals surface area contributed by atoms with Crippen LogP contribution < -0.4 is 16.0 Å². The topological polar surface area (TPSA) is 70.2 Å². The van der Waals surface area contributed by atoms with E-state index in [-0.39, 0.29) is 29.1 Å². The largest absolute Gasteiger partial charge is 0.362 e. The van der Waals surface area contributed by atoms with Gasteiger partial charge >= 0.3 is 0 Å². The van der Waals surface area contributed by atoms with Crippen molar-refractivity contribution >= 4 is 17.5 Å². The normalized spacial score (nSPS) is 40.7. The third kappa shape index (κ3) is 3.04. The van der Waals surface area contributed by atoms with Crippen LogP contribution in [0.3, 0.4) is 0 Å². The molecule has 3 N–H and O–H groups in total. The van der Waals surface area contributed by atoms with Crippen LogP contribution in [0, 0.1) is 23.2 Å². The number of anilines is 1. The highest BCUT2D eigenvalue weighted by molar-refractivity contribution is 6.02. The van der Waals surface area contributed by atoms with Crippen LogP contribution >= 0.6 is 0 Å². The number of rotatable bonds is 2. The molecule has 5 nitrogen and oxygen atoms in total. The Morgan fingerprint density at radius 2 is 1.93 bits per heavy atom. The van der Waals surface area contributed by atoms with E-state index >= 15 is 0 Å². The first-order valence-corrected chi connectivity index (χ1v) is 11.4. The Morgan fingerprint density at radius 3 is 2.72 bits per heavy atom. The van der Waals surface area contributed by atoms with Crippen molar-refractivity contribution in [3.63, 3.8) is 0 Å². The molecule has 0 radical (unpaired) electrons. The Hall–Kier alpha value is -2.04. The number of hydrogen-bond donors (Lipinski definition) is 3. The first-order chi connectivity index (χ1) is 13.9. The quantitative estimate of drug-likeness (QED) is 0.707. The third-order valence-electron chi connectivity index (χ3n) is 8.43. The van der Waals surface area contributed by atoms with Crippen molar-refractivity contribution in [1.29, 1.82) is 0 Å². The summed E-state index contributed by atoms with van der Waals surface area (Å²) in [4.78, 5) is 26.1. The van der Waals surface area contributed by atoms with Gasteiger partial charge in [0.25, 0.3) is 5.91 Å². The highest BCUT2D eigenvalue weighted by Crippen LogP contribution is 2.58. The van der Waals surface area contributed by atoms with Gasteiger partial charge in [-0.3, -0.25) is 9.59 Å². The van der Waals surface area contributed by atoms with Crippen LogP contribution in [0.2, 0.25) is 0 Å². The van der Waals surface area contributed by atoms with Crippen LogP contribution in [0.1, 0.15) is 75.6 Å². The smallest absolute Gasteiger partial charge is 0.255 e. The van der Waals surface area contributed by atoms with Crippen LogP contribution in [0.4, 0.5) is 5.69 Å². The molecule has 6 rings (SSSR count). The standard InChI is InChI=1S/C24H33N3O2/c1-15-7-3-5-9-19(15)25-22(29)18-13-16-11-12-23(18,2)14-24(16)26-20-10-6-4-8-17(20)21(28)27-24/h4,6,8,10,15-16,18-19,26H,3,5,7,9,11-14H2,1-2H3,(H,25,29)(H,27,28)/t15-,16-,18-,19+,23+,24+/m1/s1. The summed E-state index contributed by atoms with van der Waals surface area (Å²) in [7, 11) is 0. The molecule has 4 fully saturated rings. The summed E-state index contributed by atoms with van der Waals surface area (Å²) in [6.07, 6.45) is 8.59. The average molecular weight is 396 g/mol. The van der Waals surface area contributed by atoms with E-state index in [1.807, 2.05) is 24.3 Å². The summed E-state index contributed by atoms with van der Waals surface area (Å²) < 4.78 is 0. The lowest BCUT2D eigenvalue weighted by molar-refractivity contribution is -0.140. The zero-order valence-electron chi connectivity index (χ0n) is 17.6. The van der Waals surface area contributed by atoms with Gasteiger partial charge < -0.3 is 16.0 Å². The summed E-state index contributed by atoms with van der Waals surface area (Å²) in [5, 5.41) is 10.4. The fraction of sp³-hybridized carbons (Fsp3) is 0.667. The van der Waals surface area contributed by atoms with E-state index in [0.717, 1.165) is 37.8 Å². The van der Waals surface area contributed by atoms with Gasteiger partial charge in [0.15, 0.2) is 0 Å². The van der Waals surface area contributed by atoms with Gasteiger partial charge in [0.2, 0.25) is 5.91 Å². The summed E-state index contributed by atoms with van der Waals surface area (Å²) in [6, 6.07) is 8.07. The van der Waals surface area contributed by atoms with Crippen molar-refractivity contribution in [1.82, 2.24) is 10.6 Å². The van der Waals surface area contributed by atoms with E-state index in [9.17, 15) is 9.59 Å². The number of carbonyl (C=O) groups is 2. The Kier molecular flexibility index (Phi) is 4.41. The number of fused-ring (bicyclic) bond motifs is 3. The minimum absolute atomic E-state index is 0.00697. The lowest BCUT2D eigenvalue weighted by Gasteiger charge is -2.61. The molecule has 0 aromatic heterocycles. The van der Waals surface area contributed by atoms with Gasteiger partial charge in [-0.15, -0.1) is 0 Å². The van der Waals surface area contributed by atoms with Crippen LogP contribution in [-0.2, 0) is 4.79 Å². The van der Waals surface area contributed by atoms with Crippen molar-refractivity contribution in [3.05, 3.63) is 29.8 Å². The van der Waals surface area contributed by atoms with E-state index < -0.39 is 5.66 Å². The van der Waals surface area contributed by atoms with Gasteiger partial charge in [-0.2, -0.15) is 0 Å². The maximum absolute atomic E-state index is 13.3. The second-order valence-corrected chi connectivity index (χ2v) is 10.3. The van der Waals surface area contributed by atoms with Crippen LogP contribution in [0.5, 0.6) is 0 Å². The predicted octanol–water partition coefficient (Wildman–Crippen LogP) is 4.06. The minimum Gasteiger partial charge on any atom is -0.362 e. The SMILES string of the molecule is C[C@@H]1CCCC[C@@H]1NC(=O)[C@H]1C[C@H]2CC[C@@]1(C)C[C@]21NC(=O)c2ccccc2N1. The van der Waals surface area contributed by atoms with Gasteiger partial charge in [-0.05, 0) is 62.0 Å². The van der Waals surface area contributed by atoms with Gasteiger partial charge in [0, 0.05) is 23.6 Å². The number of amides is 2. The van der Waals surface area contributed by atoms with Crippen molar-refractivity contribution in [2.45, 2.75) is 76.9 Å². The Labute approximate surface area is 173 Å². The lowest BCUT2D eigenvalue weighted by Crippen LogP contribution is -2.70. The van der Waals surface area contributed by atoms with E-state index in [0.29, 0.717) is 17.5 Å². The molecule has 156 valence electrons. The molecular formula is C24H33N3O2. The molecule has 4 saturated carbocycles. The monoisotopic (exact) mass is 395 g/mol. The Bertz CT molecular complexity index is 839. The molecule has 4 aliphatic carbocycles. The highest BCUT2D eigenvalue weighted by atomic mass is 16.2. The molecule has 1 aliphatic heterocycles. The lowest BCUT2D eigenvalue weighted by atomic mass is 9.51. The molecule has 1 spiro atoms. The number of carbonyl (C=O) groups excluding carboxylic acids is 2. The highest BCUT2D eigenvalue weighted by Gasteiger charge is 2.60. The van der Waals surface area contributed by atoms with E-state index in [2.05, 4.69) is 29.8 Å². The molecule has 29 heavy (non-hydrogen) atoms. The maximum atomic E-state index is 13.3. The van der Waals surface area contributed by atoms with Crippen molar-refractivity contribution in [3.8, 4) is 0 Å². The summed E-state index contributed by atoms with van der Waals surface area (Å²) in [5.41, 5.74) is 1.12. The number of para-hydroxylation sites is 1. The molecular weight excluding hydrogens is 362 g/mol. The molecule has 5 aliphatic rings. The Morgan fingerprint density at radius 1 is 1.14 bits per heavy atom. The fourth-order valence-electron chi connectivity index (χ4n) is 6.67. The predicted molar refractivity (Wildman–Crippen MR) is 113 cm³/mol. The second-order valence-electron chi connectivity index (χ2n) is 10.3. The summed E-state index contributed by atoms with van der Waals surface area (Å²) in [5.74, 6) is 1.14. The molecule has 5 heteroatoms. The fourth-order valence-corrected chi connectivity index (χ4v) is 6.67. The molecule has 2 bridgehead atoms. The molecule has 1 aromatic rings. The summed E-state index contributed by atoms with van der Waals surface area (Å²) in [6.45, 7) is 4.53. The zero-order chi connectivity index (χ0) is 20.2. The van der Waals surface area contributed by atoms with Gasteiger partial charge in [0.1, 0.15) is 5.66 Å². The number of nitrogens with one attached hydrogen (secondary N) is 3. The van der Waals surface area contributed by atoms with Crippen molar-refractivity contribution in [2.75, 3.05) is 5.32 Å². The van der Waals surface area contributed by atoms with Crippen molar-refractivity contribution < 1.29 is 9.59 Å².